The smallest absolute Gasteiger partial charge is 0.407 e. The molecular formula is C9H17NO4S. The van der Waals surface area contributed by atoms with E-state index >= 15 is 0 Å². The zero-order chi connectivity index (χ0) is 11.7. The molecule has 15 heavy (non-hydrogen) atoms. The maximum atomic E-state index is 11.3. The van der Waals surface area contributed by atoms with E-state index in [9.17, 15) is 13.2 Å². The molecule has 0 bridgehead atoms. The maximum Gasteiger partial charge on any atom is 0.407 e. The summed E-state index contributed by atoms with van der Waals surface area (Å²) in [7, 11) is -3.00. The second-order valence-electron chi connectivity index (χ2n) is 4.48. The molecule has 1 rings (SSSR count). The number of sulfone groups is 1. The van der Waals surface area contributed by atoms with Crippen LogP contribution in [0.5, 0.6) is 0 Å². The van der Waals surface area contributed by atoms with E-state index in [0.717, 1.165) is 0 Å². The molecule has 88 valence electrons. The molecular weight excluding hydrogens is 218 g/mol. The van der Waals surface area contributed by atoms with Crippen molar-refractivity contribution < 1.29 is 17.9 Å². The molecule has 0 aromatic carbocycles. The largest absolute Gasteiger partial charge is 0.447 e. The molecule has 1 unspecified atom stereocenters. The fourth-order valence-electron chi connectivity index (χ4n) is 1.60. The molecule has 5 nitrogen and oxygen atoms in total. The Hall–Kier alpha value is -0.780. The minimum Gasteiger partial charge on any atom is -0.447 e. The van der Waals surface area contributed by atoms with Crippen LogP contribution in [0, 0.1) is 0 Å². The topological polar surface area (TPSA) is 72.5 Å². The van der Waals surface area contributed by atoms with Gasteiger partial charge in [0.15, 0.2) is 9.84 Å². The highest BCUT2D eigenvalue weighted by atomic mass is 32.2. The van der Waals surface area contributed by atoms with Crippen molar-refractivity contribution in [1.82, 2.24) is 5.32 Å². The number of carbonyl (C=O) groups excluding carboxylic acids is 1. The fraction of sp³-hybridized carbons (Fsp3) is 0.889. The third-order valence-corrected chi connectivity index (χ3v) is 4.15. The highest BCUT2D eigenvalue weighted by Crippen LogP contribution is 2.22. The number of alkyl carbamates (subject to hydrolysis) is 1. The van der Waals surface area contributed by atoms with Crippen molar-refractivity contribution in [3.05, 3.63) is 0 Å². The highest BCUT2D eigenvalue weighted by molar-refractivity contribution is 7.91. The summed E-state index contributed by atoms with van der Waals surface area (Å²) in [4.78, 5) is 11.3. The number of amides is 1. The Labute approximate surface area is 90.1 Å². The van der Waals surface area contributed by atoms with E-state index in [-0.39, 0.29) is 17.6 Å². The van der Waals surface area contributed by atoms with Crippen molar-refractivity contribution in [3.63, 3.8) is 0 Å². The number of carbonyl (C=O) groups is 1. The predicted octanol–water partition coefficient (Wildman–Crippen LogP) is 0.698. The molecule has 1 fully saturated rings. The molecule has 0 saturated carbocycles. The fourth-order valence-corrected chi connectivity index (χ4v) is 3.69. The lowest BCUT2D eigenvalue weighted by molar-refractivity contribution is 0.107. The van der Waals surface area contributed by atoms with Crippen LogP contribution in [0.2, 0.25) is 0 Å². The highest BCUT2D eigenvalue weighted by Gasteiger charge is 2.39. The van der Waals surface area contributed by atoms with E-state index in [1.54, 1.807) is 20.8 Å². The average Bonchev–Trinajstić information content (AvgIpc) is 2.22. The minimum absolute atomic E-state index is 0.00675. The Balaban J connectivity index is 2.55. The number of ether oxygens (including phenoxy) is 1. The summed E-state index contributed by atoms with van der Waals surface area (Å²) in [6.45, 7) is 5.21. The standard InChI is InChI=1S/C9H17NO4S/c1-7(2)14-8(11)10-9(3)4-5-15(12,13)6-9/h7H,4-6H2,1-3H3,(H,10,11). The first-order chi connectivity index (χ1) is 6.72. The second-order valence-corrected chi connectivity index (χ2v) is 6.67. The molecule has 1 heterocycles. The molecule has 1 saturated heterocycles. The van der Waals surface area contributed by atoms with Gasteiger partial charge in [-0.15, -0.1) is 0 Å². The normalized spacial score (nSPS) is 29.1. The molecule has 1 amide bonds. The summed E-state index contributed by atoms with van der Waals surface area (Å²) in [5, 5.41) is 2.60. The lowest BCUT2D eigenvalue weighted by Gasteiger charge is -2.23. The van der Waals surface area contributed by atoms with Crippen molar-refractivity contribution in [1.29, 1.82) is 0 Å². The van der Waals surface area contributed by atoms with E-state index in [0.29, 0.717) is 6.42 Å². The molecule has 1 aliphatic heterocycles. The van der Waals surface area contributed by atoms with Gasteiger partial charge in [-0.05, 0) is 27.2 Å². The van der Waals surface area contributed by atoms with Crippen LogP contribution in [-0.4, -0.2) is 37.7 Å². The third kappa shape index (κ3) is 3.70. The Morgan fingerprint density at radius 3 is 2.47 bits per heavy atom. The number of hydrogen-bond acceptors (Lipinski definition) is 4. The van der Waals surface area contributed by atoms with Gasteiger partial charge in [0.25, 0.3) is 0 Å². The van der Waals surface area contributed by atoms with Crippen molar-refractivity contribution >= 4 is 15.9 Å². The average molecular weight is 235 g/mol. The third-order valence-electron chi connectivity index (χ3n) is 2.25. The molecule has 0 radical (unpaired) electrons. The lowest BCUT2D eigenvalue weighted by atomic mass is 10.0. The molecule has 0 spiro atoms. The maximum absolute atomic E-state index is 11.3. The Morgan fingerprint density at radius 2 is 2.07 bits per heavy atom. The Bertz CT molecular complexity index is 349. The SMILES string of the molecule is CC(C)OC(=O)NC1(C)CCS(=O)(=O)C1. The Kier molecular flexibility index (Phi) is 3.28. The van der Waals surface area contributed by atoms with Gasteiger partial charge in [-0.3, -0.25) is 0 Å². The predicted molar refractivity (Wildman–Crippen MR) is 56.4 cm³/mol. The van der Waals surface area contributed by atoms with Crippen molar-refractivity contribution in [2.24, 2.45) is 0 Å². The molecule has 1 aliphatic rings. The van der Waals surface area contributed by atoms with Gasteiger partial charge in [0.05, 0.1) is 23.1 Å². The van der Waals surface area contributed by atoms with E-state index in [4.69, 9.17) is 4.74 Å². The summed E-state index contributed by atoms with van der Waals surface area (Å²) >= 11 is 0. The second kappa shape index (κ2) is 4.00. The van der Waals surface area contributed by atoms with Gasteiger partial charge >= 0.3 is 6.09 Å². The lowest BCUT2D eigenvalue weighted by Crippen LogP contribution is -2.47. The van der Waals surface area contributed by atoms with E-state index < -0.39 is 21.5 Å². The van der Waals surface area contributed by atoms with E-state index in [1.165, 1.54) is 0 Å². The van der Waals surface area contributed by atoms with Crippen LogP contribution in [0.3, 0.4) is 0 Å². The summed E-state index contributed by atoms with van der Waals surface area (Å²) in [6, 6.07) is 0. The van der Waals surface area contributed by atoms with Gasteiger partial charge in [0.1, 0.15) is 0 Å². The summed E-state index contributed by atoms with van der Waals surface area (Å²) in [5.41, 5.74) is -0.676. The summed E-state index contributed by atoms with van der Waals surface area (Å²) in [6.07, 6.45) is -0.307. The van der Waals surface area contributed by atoms with Crippen molar-refractivity contribution in [3.8, 4) is 0 Å². The monoisotopic (exact) mass is 235 g/mol. The molecule has 0 aliphatic carbocycles. The van der Waals surface area contributed by atoms with Crippen LogP contribution in [-0.2, 0) is 14.6 Å². The van der Waals surface area contributed by atoms with Crippen molar-refractivity contribution in [2.45, 2.75) is 38.8 Å². The van der Waals surface area contributed by atoms with E-state index in [1.807, 2.05) is 0 Å². The number of rotatable bonds is 2. The zero-order valence-electron chi connectivity index (χ0n) is 9.24. The molecule has 6 heteroatoms. The minimum atomic E-state index is -3.00. The van der Waals surface area contributed by atoms with Gasteiger partial charge in [-0.25, -0.2) is 13.2 Å². The zero-order valence-corrected chi connectivity index (χ0v) is 10.1. The quantitative estimate of drug-likeness (QED) is 0.764. The van der Waals surface area contributed by atoms with Crippen LogP contribution < -0.4 is 5.32 Å². The number of hydrogen-bond donors (Lipinski definition) is 1. The van der Waals surface area contributed by atoms with Gasteiger partial charge < -0.3 is 10.1 Å². The van der Waals surface area contributed by atoms with E-state index in [2.05, 4.69) is 5.32 Å². The van der Waals surface area contributed by atoms with Gasteiger partial charge in [0, 0.05) is 0 Å². The molecule has 1 atom stereocenters. The first kappa shape index (κ1) is 12.3. The molecule has 0 aromatic rings. The van der Waals surface area contributed by atoms with Gasteiger partial charge in [-0.1, -0.05) is 0 Å². The van der Waals surface area contributed by atoms with Crippen LogP contribution >= 0.6 is 0 Å². The molecule has 1 N–H and O–H groups in total. The molecule has 0 aromatic heterocycles. The Morgan fingerprint density at radius 1 is 1.47 bits per heavy atom. The summed E-state index contributed by atoms with van der Waals surface area (Å²) < 4.78 is 27.4. The van der Waals surface area contributed by atoms with Crippen LogP contribution in [0.15, 0.2) is 0 Å². The van der Waals surface area contributed by atoms with Gasteiger partial charge in [-0.2, -0.15) is 0 Å². The first-order valence-electron chi connectivity index (χ1n) is 4.92. The van der Waals surface area contributed by atoms with Crippen LogP contribution in [0.25, 0.3) is 0 Å². The van der Waals surface area contributed by atoms with Crippen LogP contribution in [0.1, 0.15) is 27.2 Å². The van der Waals surface area contributed by atoms with Crippen LogP contribution in [0.4, 0.5) is 4.79 Å². The van der Waals surface area contributed by atoms with Gasteiger partial charge in [0.2, 0.25) is 0 Å². The van der Waals surface area contributed by atoms with Crippen molar-refractivity contribution in [2.75, 3.05) is 11.5 Å². The summed E-state index contributed by atoms with van der Waals surface area (Å²) in [5.74, 6) is 0.124. The number of nitrogens with one attached hydrogen (secondary N) is 1. The first-order valence-corrected chi connectivity index (χ1v) is 6.74.